The summed E-state index contributed by atoms with van der Waals surface area (Å²) in [5, 5.41) is 9.62. The number of fused-ring (bicyclic) bond motifs is 1. The number of carbonyl (C=O) groups is 1. The van der Waals surface area contributed by atoms with E-state index in [-0.39, 0.29) is 5.56 Å². The van der Waals surface area contributed by atoms with E-state index in [0.29, 0.717) is 11.3 Å². The zero-order valence-electron chi connectivity index (χ0n) is 10.2. The number of anilines is 1. The first-order valence-electron chi connectivity index (χ1n) is 5.48. The van der Waals surface area contributed by atoms with Crippen LogP contribution in [-0.2, 0) is 0 Å². The van der Waals surface area contributed by atoms with E-state index < -0.39 is 5.97 Å². The van der Waals surface area contributed by atoms with E-state index in [1.54, 1.807) is 12.1 Å². The number of rotatable bonds is 1. The lowest BCUT2D eigenvalue weighted by molar-refractivity contribution is 0.0697. The Bertz CT molecular complexity index is 550. The van der Waals surface area contributed by atoms with Gasteiger partial charge in [-0.25, -0.2) is 9.78 Å². The van der Waals surface area contributed by atoms with Crippen molar-refractivity contribution in [3.05, 3.63) is 35.4 Å². The first-order chi connectivity index (χ1) is 8.08. The summed E-state index contributed by atoms with van der Waals surface area (Å²) in [7, 11) is 0. The normalized spacial score (nSPS) is 9.59. The van der Waals surface area contributed by atoms with Gasteiger partial charge in [-0.15, -0.1) is 0 Å². The van der Waals surface area contributed by atoms with Crippen LogP contribution in [0.2, 0.25) is 0 Å². The Morgan fingerprint density at radius 1 is 1.29 bits per heavy atom. The molecule has 0 fully saturated rings. The Labute approximate surface area is 100 Å². The third kappa shape index (κ3) is 2.72. The van der Waals surface area contributed by atoms with Crippen molar-refractivity contribution < 1.29 is 9.90 Å². The van der Waals surface area contributed by atoms with Crippen LogP contribution in [0.5, 0.6) is 0 Å². The Balaban J connectivity index is 0.000000686. The number of pyridine rings is 1. The highest BCUT2D eigenvalue weighted by Crippen LogP contribution is 2.19. The number of nitrogens with two attached hydrogens (primary N) is 1. The van der Waals surface area contributed by atoms with Crippen LogP contribution in [0.4, 0.5) is 5.82 Å². The summed E-state index contributed by atoms with van der Waals surface area (Å²) in [4.78, 5) is 14.9. The lowest BCUT2D eigenvalue weighted by Crippen LogP contribution is -1.98. The molecule has 0 atom stereocenters. The van der Waals surface area contributed by atoms with E-state index in [4.69, 9.17) is 10.8 Å². The molecule has 1 aromatic heterocycles. The molecule has 0 aliphatic heterocycles. The van der Waals surface area contributed by atoms with E-state index >= 15 is 0 Å². The molecule has 3 N–H and O–H groups in total. The molecule has 0 unspecified atom stereocenters. The van der Waals surface area contributed by atoms with E-state index in [2.05, 4.69) is 4.98 Å². The molecule has 0 amide bonds. The fourth-order valence-corrected chi connectivity index (χ4v) is 1.43. The van der Waals surface area contributed by atoms with Crippen LogP contribution in [0.15, 0.2) is 24.3 Å². The third-order valence-corrected chi connectivity index (χ3v) is 2.29. The van der Waals surface area contributed by atoms with Gasteiger partial charge in [0.05, 0.1) is 11.1 Å². The predicted octanol–water partition coefficient (Wildman–Crippen LogP) is 2.85. The number of nitrogens with zero attached hydrogens (tertiary/aromatic N) is 1. The highest BCUT2D eigenvalue weighted by molar-refractivity contribution is 5.93. The number of aromatic nitrogens is 1. The maximum Gasteiger partial charge on any atom is 0.335 e. The molecular weight excluding hydrogens is 216 g/mol. The average molecular weight is 232 g/mol. The second-order valence-electron chi connectivity index (χ2n) is 3.40. The summed E-state index contributed by atoms with van der Waals surface area (Å²) < 4.78 is 0. The van der Waals surface area contributed by atoms with Gasteiger partial charge in [0.1, 0.15) is 5.82 Å². The fourth-order valence-electron chi connectivity index (χ4n) is 1.43. The summed E-state index contributed by atoms with van der Waals surface area (Å²) in [6.07, 6.45) is 0. The Morgan fingerprint density at radius 3 is 2.53 bits per heavy atom. The summed E-state index contributed by atoms with van der Waals surface area (Å²) in [5.74, 6) is -0.461. The van der Waals surface area contributed by atoms with Crippen molar-refractivity contribution >= 4 is 22.7 Å². The van der Waals surface area contributed by atoms with Gasteiger partial charge in [-0.3, -0.25) is 0 Å². The zero-order valence-corrected chi connectivity index (χ0v) is 10.2. The first kappa shape index (κ1) is 13.0. The molecule has 0 spiro atoms. The zero-order chi connectivity index (χ0) is 13.0. The van der Waals surface area contributed by atoms with Crippen molar-refractivity contribution in [3.63, 3.8) is 0 Å². The molecule has 90 valence electrons. The molecule has 4 nitrogen and oxygen atoms in total. The van der Waals surface area contributed by atoms with Gasteiger partial charge >= 0.3 is 5.97 Å². The van der Waals surface area contributed by atoms with Crippen molar-refractivity contribution in [3.8, 4) is 0 Å². The minimum Gasteiger partial charge on any atom is -0.478 e. The van der Waals surface area contributed by atoms with Crippen LogP contribution in [0, 0.1) is 6.92 Å². The molecule has 1 heterocycles. The standard InChI is InChI=1S/C11H10N2O2.C2H6/c1-6-4-8-5-7(11(14)15)2-3-9(8)13-10(6)12;1-2/h2-5H,1H3,(H2,12,13)(H,14,15);1-2H3. The van der Waals surface area contributed by atoms with Gasteiger partial charge in [0, 0.05) is 5.39 Å². The van der Waals surface area contributed by atoms with Crippen LogP contribution >= 0.6 is 0 Å². The van der Waals surface area contributed by atoms with Crippen LogP contribution in [0.25, 0.3) is 10.9 Å². The molecule has 0 bridgehead atoms. The highest BCUT2D eigenvalue weighted by atomic mass is 16.4. The summed E-state index contributed by atoms with van der Waals surface area (Å²) in [6.45, 7) is 5.84. The Morgan fingerprint density at radius 2 is 1.94 bits per heavy atom. The molecule has 2 aromatic rings. The largest absolute Gasteiger partial charge is 0.478 e. The molecule has 0 saturated heterocycles. The van der Waals surface area contributed by atoms with Gasteiger partial charge in [0.2, 0.25) is 0 Å². The number of benzene rings is 1. The first-order valence-corrected chi connectivity index (χ1v) is 5.48. The van der Waals surface area contributed by atoms with Crippen molar-refractivity contribution in [1.82, 2.24) is 4.98 Å². The summed E-state index contributed by atoms with van der Waals surface area (Å²) in [6, 6.07) is 6.61. The van der Waals surface area contributed by atoms with E-state index in [1.807, 2.05) is 26.8 Å². The molecule has 0 saturated carbocycles. The minimum absolute atomic E-state index is 0.258. The van der Waals surface area contributed by atoms with Gasteiger partial charge in [0.15, 0.2) is 0 Å². The van der Waals surface area contributed by atoms with Crippen LogP contribution in [-0.4, -0.2) is 16.1 Å². The van der Waals surface area contributed by atoms with Crippen LogP contribution in [0.1, 0.15) is 29.8 Å². The number of aryl methyl sites for hydroxylation is 1. The molecule has 0 radical (unpaired) electrons. The minimum atomic E-state index is -0.939. The number of carboxylic acid groups (broad SMARTS) is 1. The predicted molar refractivity (Wildman–Crippen MR) is 69.2 cm³/mol. The van der Waals surface area contributed by atoms with Crippen molar-refractivity contribution in [1.29, 1.82) is 0 Å². The molecule has 0 aliphatic carbocycles. The van der Waals surface area contributed by atoms with E-state index in [1.165, 1.54) is 6.07 Å². The topological polar surface area (TPSA) is 76.2 Å². The highest BCUT2D eigenvalue weighted by Gasteiger charge is 2.05. The summed E-state index contributed by atoms with van der Waals surface area (Å²) in [5.41, 5.74) is 7.48. The second kappa shape index (κ2) is 5.30. The fraction of sp³-hybridized carbons (Fsp3) is 0.231. The Hall–Kier alpha value is -2.10. The number of nitrogen functional groups attached to an aromatic ring is 1. The van der Waals surface area contributed by atoms with Gasteiger partial charge in [-0.05, 0) is 36.8 Å². The maximum atomic E-state index is 10.8. The smallest absolute Gasteiger partial charge is 0.335 e. The van der Waals surface area contributed by atoms with Gasteiger partial charge in [-0.1, -0.05) is 13.8 Å². The lowest BCUT2D eigenvalue weighted by Gasteiger charge is -2.03. The van der Waals surface area contributed by atoms with Crippen LogP contribution in [0.3, 0.4) is 0 Å². The molecule has 4 heteroatoms. The van der Waals surface area contributed by atoms with Gasteiger partial charge in [0.25, 0.3) is 0 Å². The molecule has 0 aliphatic rings. The second-order valence-corrected chi connectivity index (χ2v) is 3.40. The third-order valence-electron chi connectivity index (χ3n) is 2.29. The quantitative estimate of drug-likeness (QED) is 0.792. The monoisotopic (exact) mass is 232 g/mol. The van der Waals surface area contributed by atoms with Crippen molar-refractivity contribution in [2.45, 2.75) is 20.8 Å². The molecule has 2 rings (SSSR count). The average Bonchev–Trinajstić information content (AvgIpc) is 2.32. The van der Waals surface area contributed by atoms with Crippen molar-refractivity contribution in [2.24, 2.45) is 0 Å². The van der Waals surface area contributed by atoms with E-state index in [0.717, 1.165) is 10.9 Å². The van der Waals surface area contributed by atoms with Gasteiger partial charge < -0.3 is 10.8 Å². The Kier molecular flexibility index (Phi) is 4.04. The van der Waals surface area contributed by atoms with E-state index in [9.17, 15) is 4.79 Å². The number of hydrogen-bond donors (Lipinski definition) is 2. The number of hydrogen-bond acceptors (Lipinski definition) is 3. The maximum absolute atomic E-state index is 10.8. The number of aromatic carboxylic acids is 1. The number of carboxylic acids is 1. The summed E-state index contributed by atoms with van der Waals surface area (Å²) >= 11 is 0. The molecule has 1 aromatic carbocycles. The molecule has 17 heavy (non-hydrogen) atoms. The lowest BCUT2D eigenvalue weighted by atomic mass is 10.1. The molecular formula is C13H16N2O2. The van der Waals surface area contributed by atoms with Gasteiger partial charge in [-0.2, -0.15) is 0 Å². The van der Waals surface area contributed by atoms with Crippen LogP contribution < -0.4 is 5.73 Å². The SMILES string of the molecule is CC.Cc1cc2cc(C(=O)O)ccc2nc1N. The van der Waals surface area contributed by atoms with Crippen molar-refractivity contribution in [2.75, 3.05) is 5.73 Å².